The lowest BCUT2D eigenvalue weighted by Crippen LogP contribution is -2.47. The van der Waals surface area contributed by atoms with Gasteiger partial charge in [0.25, 0.3) is 0 Å². The van der Waals surface area contributed by atoms with E-state index in [1.165, 1.54) is 17.4 Å². The van der Waals surface area contributed by atoms with E-state index in [0.29, 0.717) is 30.3 Å². The summed E-state index contributed by atoms with van der Waals surface area (Å²) in [5.74, 6) is -0.257. The number of nitrogens with one attached hydrogen (secondary N) is 2. The Hall–Kier alpha value is -1.41. The molecule has 1 aromatic heterocycles. The molecule has 2 heterocycles. The number of hydrogen-bond donors (Lipinski definition) is 2. The van der Waals surface area contributed by atoms with Crippen molar-refractivity contribution in [1.82, 2.24) is 15.6 Å². The van der Waals surface area contributed by atoms with E-state index in [9.17, 15) is 8.78 Å². The number of thiazole rings is 1. The van der Waals surface area contributed by atoms with E-state index < -0.39 is 5.67 Å². The Morgan fingerprint density at radius 3 is 3.15 bits per heavy atom. The van der Waals surface area contributed by atoms with Gasteiger partial charge in [-0.05, 0) is 31.4 Å². The van der Waals surface area contributed by atoms with E-state index >= 15 is 0 Å². The summed E-state index contributed by atoms with van der Waals surface area (Å²) in [6.07, 6.45) is 2.83. The van der Waals surface area contributed by atoms with Crippen LogP contribution in [-0.2, 0) is 11.2 Å². The first kappa shape index (κ1) is 18.0. The second-order valence-electron chi connectivity index (χ2n) is 7.02. The van der Waals surface area contributed by atoms with Crippen molar-refractivity contribution in [3.8, 4) is 10.6 Å². The summed E-state index contributed by atoms with van der Waals surface area (Å²) in [7, 11) is 0. The van der Waals surface area contributed by atoms with Gasteiger partial charge in [0.2, 0.25) is 0 Å². The van der Waals surface area contributed by atoms with Crippen molar-refractivity contribution in [2.45, 2.75) is 31.0 Å². The molecule has 0 bridgehead atoms. The second-order valence-corrected chi connectivity index (χ2v) is 8.05. The summed E-state index contributed by atoms with van der Waals surface area (Å²) in [6.45, 7) is 1.86. The largest absolute Gasteiger partial charge is 0.377 e. The summed E-state index contributed by atoms with van der Waals surface area (Å²) < 4.78 is 34.4. The second kappa shape index (κ2) is 7.68. The van der Waals surface area contributed by atoms with Crippen LogP contribution in [0.5, 0.6) is 0 Å². The zero-order valence-corrected chi connectivity index (χ0v) is 15.4. The summed E-state index contributed by atoms with van der Waals surface area (Å²) >= 11 is 1.52. The van der Waals surface area contributed by atoms with Crippen molar-refractivity contribution in [3.05, 3.63) is 40.7 Å². The minimum Gasteiger partial charge on any atom is -0.377 e. The van der Waals surface area contributed by atoms with Crippen LogP contribution in [0.25, 0.3) is 10.6 Å². The molecule has 26 heavy (non-hydrogen) atoms. The number of benzene rings is 1. The van der Waals surface area contributed by atoms with Crippen LogP contribution in [0.4, 0.5) is 8.78 Å². The van der Waals surface area contributed by atoms with Gasteiger partial charge in [-0.2, -0.15) is 0 Å². The lowest BCUT2D eigenvalue weighted by Gasteiger charge is -2.28. The molecule has 4 nitrogen and oxygen atoms in total. The third kappa shape index (κ3) is 3.81. The fraction of sp³-hybridized carbons (Fsp3) is 0.526. The van der Waals surface area contributed by atoms with E-state index in [1.54, 1.807) is 12.1 Å². The molecule has 1 aromatic carbocycles. The summed E-state index contributed by atoms with van der Waals surface area (Å²) in [5.41, 5.74) is 0.141. The molecule has 2 unspecified atom stereocenters. The predicted molar refractivity (Wildman–Crippen MR) is 98.7 cm³/mol. The molecule has 0 saturated carbocycles. The standard InChI is InChI=1S/C19H23F2N3OS/c20-14-5-2-1-4-13(14)18-24-16-7-3-6-15(17(16)26-18)23-11-19(21)10-22-8-9-25-12-19/h1-2,4-5,15,22-23H,3,6-12H2. The van der Waals surface area contributed by atoms with Gasteiger partial charge in [-0.1, -0.05) is 12.1 Å². The molecule has 2 aromatic rings. The fourth-order valence-electron chi connectivity index (χ4n) is 3.55. The number of nitrogens with zero attached hydrogens (tertiary/aromatic N) is 1. The highest BCUT2D eigenvalue weighted by molar-refractivity contribution is 7.15. The molecule has 1 aliphatic heterocycles. The smallest absolute Gasteiger partial charge is 0.158 e. The zero-order chi connectivity index (χ0) is 18.0. The van der Waals surface area contributed by atoms with Gasteiger partial charge < -0.3 is 15.4 Å². The number of rotatable bonds is 4. The van der Waals surface area contributed by atoms with Crippen LogP contribution >= 0.6 is 11.3 Å². The number of fused-ring (bicyclic) bond motifs is 1. The monoisotopic (exact) mass is 379 g/mol. The van der Waals surface area contributed by atoms with E-state index in [0.717, 1.165) is 29.8 Å². The Bertz CT molecular complexity index is 759. The molecular formula is C19H23F2N3OS. The van der Waals surface area contributed by atoms with Gasteiger partial charge in [0.15, 0.2) is 5.67 Å². The highest BCUT2D eigenvalue weighted by Gasteiger charge is 2.34. The third-order valence-electron chi connectivity index (χ3n) is 4.95. The van der Waals surface area contributed by atoms with Gasteiger partial charge in [0.05, 0.1) is 18.9 Å². The molecule has 7 heteroatoms. The number of hydrogen-bond acceptors (Lipinski definition) is 5. The molecule has 4 rings (SSSR count). The van der Waals surface area contributed by atoms with Crippen molar-refractivity contribution in [2.75, 3.05) is 32.8 Å². The van der Waals surface area contributed by atoms with Crippen LogP contribution in [0.15, 0.2) is 24.3 Å². The number of aryl methyl sites for hydroxylation is 1. The summed E-state index contributed by atoms with van der Waals surface area (Å²) in [5, 5.41) is 7.17. The maximum atomic E-state index is 15.0. The predicted octanol–water partition coefficient (Wildman–Crippen LogP) is 3.24. The first-order valence-corrected chi connectivity index (χ1v) is 9.92. The van der Waals surface area contributed by atoms with E-state index in [2.05, 4.69) is 15.6 Å². The Balaban J connectivity index is 1.51. The number of halogens is 2. The lowest BCUT2D eigenvalue weighted by molar-refractivity contribution is 0.0362. The highest BCUT2D eigenvalue weighted by Crippen LogP contribution is 2.38. The number of ether oxygens (including phenoxy) is 1. The van der Waals surface area contributed by atoms with Gasteiger partial charge >= 0.3 is 0 Å². The molecule has 140 valence electrons. The van der Waals surface area contributed by atoms with Crippen LogP contribution in [-0.4, -0.2) is 43.5 Å². The van der Waals surface area contributed by atoms with E-state index in [1.807, 2.05) is 6.07 Å². The van der Waals surface area contributed by atoms with E-state index in [-0.39, 0.29) is 25.0 Å². The molecule has 1 fully saturated rings. The number of aromatic nitrogens is 1. The van der Waals surface area contributed by atoms with Gasteiger partial charge in [0.1, 0.15) is 10.8 Å². The fourth-order valence-corrected chi connectivity index (χ4v) is 4.80. The van der Waals surface area contributed by atoms with Crippen LogP contribution in [0.3, 0.4) is 0 Å². The van der Waals surface area contributed by atoms with E-state index in [4.69, 9.17) is 4.74 Å². The minimum absolute atomic E-state index is 0.0626. The zero-order valence-electron chi connectivity index (χ0n) is 14.6. The Labute approximate surface area is 156 Å². The van der Waals surface area contributed by atoms with Crippen molar-refractivity contribution < 1.29 is 13.5 Å². The van der Waals surface area contributed by atoms with Crippen molar-refractivity contribution >= 4 is 11.3 Å². The van der Waals surface area contributed by atoms with Crippen LogP contribution < -0.4 is 10.6 Å². The normalized spacial score (nSPS) is 26.3. The van der Waals surface area contributed by atoms with Crippen molar-refractivity contribution in [1.29, 1.82) is 0 Å². The quantitative estimate of drug-likeness (QED) is 0.856. The molecule has 2 N–H and O–H groups in total. The molecule has 1 saturated heterocycles. The molecule has 1 aliphatic carbocycles. The average molecular weight is 379 g/mol. The minimum atomic E-state index is -1.41. The SMILES string of the molecule is Fc1ccccc1-c1nc2c(s1)C(NCC1(F)CNCCOC1)CCC2. The first-order valence-electron chi connectivity index (χ1n) is 9.10. The van der Waals surface area contributed by atoms with Gasteiger partial charge in [0, 0.05) is 36.1 Å². The van der Waals surface area contributed by atoms with Gasteiger partial charge in [-0.3, -0.25) is 0 Å². The van der Waals surface area contributed by atoms with Crippen molar-refractivity contribution in [3.63, 3.8) is 0 Å². The molecular weight excluding hydrogens is 356 g/mol. The molecule has 2 aliphatic rings. The Kier molecular flexibility index (Phi) is 5.31. The topological polar surface area (TPSA) is 46.2 Å². The maximum Gasteiger partial charge on any atom is 0.158 e. The Morgan fingerprint density at radius 1 is 1.38 bits per heavy atom. The third-order valence-corrected chi connectivity index (χ3v) is 6.19. The lowest BCUT2D eigenvalue weighted by atomic mass is 9.97. The van der Waals surface area contributed by atoms with Crippen LogP contribution in [0, 0.1) is 5.82 Å². The summed E-state index contributed by atoms with van der Waals surface area (Å²) in [6, 6.07) is 6.78. The maximum absolute atomic E-state index is 15.0. The molecule has 0 spiro atoms. The molecule has 0 amide bonds. The number of alkyl halides is 1. The van der Waals surface area contributed by atoms with Crippen LogP contribution in [0.1, 0.15) is 29.5 Å². The summed E-state index contributed by atoms with van der Waals surface area (Å²) in [4.78, 5) is 5.78. The first-order chi connectivity index (χ1) is 12.6. The van der Waals surface area contributed by atoms with Crippen molar-refractivity contribution in [2.24, 2.45) is 0 Å². The van der Waals surface area contributed by atoms with Crippen LogP contribution in [0.2, 0.25) is 0 Å². The van der Waals surface area contributed by atoms with Gasteiger partial charge in [-0.15, -0.1) is 11.3 Å². The average Bonchev–Trinajstić information content (AvgIpc) is 2.96. The molecule has 0 radical (unpaired) electrons. The molecule has 2 atom stereocenters. The Morgan fingerprint density at radius 2 is 2.27 bits per heavy atom. The highest BCUT2D eigenvalue weighted by atomic mass is 32.1. The van der Waals surface area contributed by atoms with Gasteiger partial charge in [-0.25, -0.2) is 13.8 Å².